The van der Waals surface area contributed by atoms with Crippen LogP contribution in [0.25, 0.3) is 16.7 Å². The van der Waals surface area contributed by atoms with E-state index in [4.69, 9.17) is 9.72 Å². The zero-order chi connectivity index (χ0) is 43.9. The number of imidazole rings is 1. The summed E-state index contributed by atoms with van der Waals surface area (Å²) in [7, 11) is 1.67. The average Bonchev–Trinajstić information content (AvgIpc) is 3.96. The van der Waals surface area contributed by atoms with Gasteiger partial charge in [0.05, 0.1) is 53.3 Å². The fraction of sp³-hybridized carbons (Fsp3) is 0.523. The van der Waals surface area contributed by atoms with Gasteiger partial charge in [-0.05, 0) is 70.1 Å². The number of benzene rings is 1. The van der Waals surface area contributed by atoms with Crippen molar-refractivity contribution < 1.29 is 27.9 Å². The number of hydrogen-bond donors (Lipinski definition) is 2. The van der Waals surface area contributed by atoms with Gasteiger partial charge in [0.25, 0.3) is 12.3 Å². The standard InChI is InChI=1S/C44H52F2N12O5/c1-27-23-55(24-28(2)63-27)36-15-17-56-41(49-36)32(22-47-56)42(60)48-33-26-57(51-38(33)40(45)46)31-11-9-29(10-12-31)25-54-20-18-53(19-21-54)16-5-7-30-6-4-8-34-39(30)52(3)44(62)58(34)35-13-14-37(59)50-43(35)61/h4,6,8,15,17,22,26-29,31,35,40H,9-14,16,18-21,23-25H2,1-3H3,(H,48,60)(H,50,59,61)/t27-,28+,29?,31?,35?. The summed E-state index contributed by atoms with van der Waals surface area (Å²) in [6.07, 6.45) is 5.77. The fourth-order valence-electron chi connectivity index (χ4n) is 9.70. The molecule has 1 saturated carbocycles. The Balaban J connectivity index is 0.770. The van der Waals surface area contributed by atoms with Crippen LogP contribution in [0.5, 0.6) is 0 Å². The summed E-state index contributed by atoms with van der Waals surface area (Å²) in [5, 5.41) is 13.6. The van der Waals surface area contributed by atoms with Gasteiger partial charge in [-0.15, -0.1) is 0 Å². The first-order chi connectivity index (χ1) is 30.4. The number of para-hydroxylation sites is 1. The maximum absolute atomic E-state index is 14.3. The van der Waals surface area contributed by atoms with E-state index in [-0.39, 0.29) is 53.9 Å². The number of alkyl halides is 2. The van der Waals surface area contributed by atoms with Crippen LogP contribution >= 0.6 is 0 Å². The Hall–Kier alpha value is -5.97. The Morgan fingerprint density at radius 3 is 2.48 bits per heavy atom. The molecule has 1 unspecified atom stereocenters. The molecule has 2 N–H and O–H groups in total. The van der Waals surface area contributed by atoms with Crippen LogP contribution in [0.15, 0.2) is 47.7 Å². The van der Waals surface area contributed by atoms with Crippen LogP contribution in [0.3, 0.4) is 0 Å². The number of nitrogens with one attached hydrogen (secondary N) is 2. The van der Waals surface area contributed by atoms with Gasteiger partial charge in [-0.25, -0.2) is 23.1 Å². The van der Waals surface area contributed by atoms with E-state index in [9.17, 15) is 28.0 Å². The number of anilines is 2. The minimum atomic E-state index is -2.87. The third-order valence-corrected chi connectivity index (χ3v) is 12.9. The molecule has 63 heavy (non-hydrogen) atoms. The summed E-state index contributed by atoms with van der Waals surface area (Å²) in [4.78, 5) is 62.8. The van der Waals surface area contributed by atoms with Gasteiger partial charge in [0, 0.05) is 71.7 Å². The Labute approximate surface area is 362 Å². The smallest absolute Gasteiger partial charge is 0.329 e. The van der Waals surface area contributed by atoms with Crippen LogP contribution in [0.2, 0.25) is 0 Å². The lowest BCUT2D eigenvalue weighted by Crippen LogP contribution is -2.48. The molecule has 1 aliphatic carbocycles. The predicted molar refractivity (Wildman–Crippen MR) is 230 cm³/mol. The number of aromatic nitrogens is 7. The van der Waals surface area contributed by atoms with E-state index < -0.39 is 30.0 Å². The first kappa shape index (κ1) is 42.3. The van der Waals surface area contributed by atoms with Gasteiger partial charge >= 0.3 is 5.69 Å². The van der Waals surface area contributed by atoms with Crippen LogP contribution in [-0.4, -0.2) is 126 Å². The third kappa shape index (κ3) is 8.71. The van der Waals surface area contributed by atoms with Crippen LogP contribution in [0.4, 0.5) is 20.3 Å². The van der Waals surface area contributed by atoms with Crippen LogP contribution < -0.4 is 21.2 Å². The first-order valence-corrected chi connectivity index (χ1v) is 21.8. The van der Waals surface area contributed by atoms with E-state index >= 15 is 0 Å². The maximum atomic E-state index is 14.3. The molecule has 0 bridgehead atoms. The monoisotopic (exact) mass is 866 g/mol. The summed E-state index contributed by atoms with van der Waals surface area (Å²) < 4.78 is 40.6. The second-order valence-corrected chi connectivity index (χ2v) is 17.3. The van der Waals surface area contributed by atoms with Gasteiger partial charge in [0.1, 0.15) is 17.4 Å². The molecule has 332 valence electrons. The number of fused-ring (bicyclic) bond motifs is 2. The SMILES string of the molecule is C[C@@H]1CN(c2ccn3ncc(C(=O)Nc4cn(C5CCC(CN6CCN(CC#Cc7cccc8c7n(C)c(=O)n8C7CCC(=O)NC7=O)CC6)CC5)nc4C(F)F)c3n2)C[C@H](C)O1. The van der Waals surface area contributed by atoms with E-state index in [0.717, 1.165) is 58.4 Å². The van der Waals surface area contributed by atoms with Crippen molar-refractivity contribution in [2.24, 2.45) is 13.0 Å². The Morgan fingerprint density at radius 1 is 1.00 bits per heavy atom. The van der Waals surface area contributed by atoms with Gasteiger partial charge in [-0.3, -0.25) is 38.4 Å². The number of nitrogens with zero attached hydrogens (tertiary/aromatic N) is 10. The molecule has 4 aromatic heterocycles. The number of amides is 3. The quantitative estimate of drug-likeness (QED) is 0.164. The number of carbonyl (C=O) groups excluding carboxylic acids is 3. The third-order valence-electron chi connectivity index (χ3n) is 12.9. The summed E-state index contributed by atoms with van der Waals surface area (Å²) in [6, 6.07) is 6.55. The van der Waals surface area contributed by atoms with Gasteiger partial charge < -0.3 is 19.9 Å². The number of piperazine rings is 1. The number of hydrogen-bond acceptors (Lipinski definition) is 11. The van der Waals surface area contributed by atoms with Crippen LogP contribution in [-0.2, 0) is 21.4 Å². The van der Waals surface area contributed by atoms with E-state index in [1.165, 1.54) is 26.0 Å². The van der Waals surface area contributed by atoms with Crippen molar-refractivity contribution in [3.05, 3.63) is 70.2 Å². The maximum Gasteiger partial charge on any atom is 0.329 e. The molecule has 0 radical (unpaired) electrons. The summed E-state index contributed by atoms with van der Waals surface area (Å²) in [5.41, 5.74) is 1.70. The van der Waals surface area contributed by atoms with E-state index in [0.29, 0.717) is 53.6 Å². The molecule has 3 amide bonds. The highest BCUT2D eigenvalue weighted by Crippen LogP contribution is 2.36. The Morgan fingerprint density at radius 2 is 1.75 bits per heavy atom. The molecule has 9 rings (SSSR count). The number of halogens is 2. The van der Waals surface area contributed by atoms with Crippen LogP contribution in [0.1, 0.15) is 92.5 Å². The number of imide groups is 1. The van der Waals surface area contributed by atoms with E-state index in [2.05, 4.69) is 47.4 Å². The molecule has 3 atom stereocenters. The van der Waals surface area contributed by atoms with Crippen LogP contribution in [0, 0.1) is 17.8 Å². The minimum absolute atomic E-state index is 0.0162. The zero-order valence-electron chi connectivity index (χ0n) is 35.7. The molecular formula is C44H52F2N12O5. The number of piperidine rings is 1. The predicted octanol–water partition coefficient (Wildman–Crippen LogP) is 3.76. The average molecular weight is 867 g/mol. The van der Waals surface area contributed by atoms with Gasteiger partial charge in [0.15, 0.2) is 11.3 Å². The van der Waals surface area contributed by atoms with Crippen molar-refractivity contribution in [2.75, 3.05) is 62.6 Å². The second-order valence-electron chi connectivity index (χ2n) is 17.3. The van der Waals surface area contributed by atoms with E-state index in [1.807, 2.05) is 38.1 Å². The molecule has 4 aliphatic rings. The van der Waals surface area contributed by atoms with Gasteiger partial charge in [-0.2, -0.15) is 10.2 Å². The zero-order valence-corrected chi connectivity index (χ0v) is 35.7. The first-order valence-electron chi connectivity index (χ1n) is 21.8. The molecule has 3 saturated heterocycles. The number of aryl methyl sites for hydroxylation is 1. The molecule has 17 nitrogen and oxygen atoms in total. The normalized spacial score (nSPS) is 23.9. The topological polar surface area (TPSA) is 169 Å². The molecule has 1 aromatic carbocycles. The number of ether oxygens (including phenoxy) is 1. The largest absolute Gasteiger partial charge is 0.372 e. The lowest BCUT2D eigenvalue weighted by molar-refractivity contribution is -0.135. The van der Waals surface area contributed by atoms with Crippen molar-refractivity contribution in [1.82, 2.24) is 48.6 Å². The lowest BCUT2D eigenvalue weighted by atomic mass is 9.85. The van der Waals surface area contributed by atoms with Gasteiger partial charge in [0.2, 0.25) is 11.8 Å². The molecule has 5 aromatic rings. The highest BCUT2D eigenvalue weighted by atomic mass is 19.3. The summed E-state index contributed by atoms with van der Waals surface area (Å²) in [6.45, 7) is 10.4. The van der Waals surface area contributed by atoms with Crippen molar-refractivity contribution in [2.45, 2.75) is 83.1 Å². The summed E-state index contributed by atoms with van der Waals surface area (Å²) in [5.74, 6) is 6.35. The van der Waals surface area contributed by atoms with Crippen molar-refractivity contribution in [1.29, 1.82) is 0 Å². The number of carbonyl (C=O) groups is 3. The Kier molecular flexibility index (Phi) is 11.9. The highest BCUT2D eigenvalue weighted by molar-refractivity contribution is 6.08. The minimum Gasteiger partial charge on any atom is -0.372 e. The molecule has 4 fully saturated rings. The fourth-order valence-corrected chi connectivity index (χ4v) is 9.70. The highest BCUT2D eigenvalue weighted by Gasteiger charge is 2.33. The molecule has 0 spiro atoms. The lowest BCUT2D eigenvalue weighted by Gasteiger charge is -2.37. The molecule has 19 heteroatoms. The summed E-state index contributed by atoms with van der Waals surface area (Å²) >= 11 is 0. The Bertz CT molecular complexity index is 2650. The van der Waals surface area contributed by atoms with E-state index in [1.54, 1.807) is 17.9 Å². The van der Waals surface area contributed by atoms with Gasteiger partial charge in [-0.1, -0.05) is 17.9 Å². The molecule has 7 heterocycles. The number of morpholine rings is 1. The molecule has 3 aliphatic heterocycles. The van der Waals surface area contributed by atoms with Crippen molar-refractivity contribution in [3.63, 3.8) is 0 Å². The van der Waals surface area contributed by atoms with Crippen molar-refractivity contribution in [3.8, 4) is 11.8 Å². The second kappa shape index (κ2) is 17.7. The van der Waals surface area contributed by atoms with Crippen molar-refractivity contribution >= 4 is 45.9 Å². The molecular weight excluding hydrogens is 815 g/mol. The number of rotatable bonds is 9.